The van der Waals surface area contributed by atoms with Crippen molar-refractivity contribution in [2.24, 2.45) is 5.41 Å². The molecule has 100 valence electrons. The van der Waals surface area contributed by atoms with Crippen LogP contribution in [0, 0.1) is 12.3 Å². The van der Waals surface area contributed by atoms with E-state index in [0.717, 1.165) is 12.0 Å². The molecule has 0 radical (unpaired) electrons. The average Bonchev–Trinajstić information content (AvgIpc) is 2.26. The highest BCUT2D eigenvalue weighted by Gasteiger charge is 2.28. The minimum atomic E-state index is -0.156. The van der Waals surface area contributed by atoms with E-state index in [1.165, 1.54) is 0 Å². The SMILES string of the molecule is Cc1ccc(C(=O)NC2=CC(=O)CC(C)(C)C2)cc1. The van der Waals surface area contributed by atoms with Crippen molar-refractivity contribution in [3.63, 3.8) is 0 Å². The van der Waals surface area contributed by atoms with Crippen molar-refractivity contribution in [1.29, 1.82) is 0 Å². The number of aryl methyl sites for hydroxylation is 1. The maximum absolute atomic E-state index is 12.1. The molecule has 1 aliphatic rings. The van der Waals surface area contributed by atoms with E-state index in [-0.39, 0.29) is 17.1 Å². The van der Waals surface area contributed by atoms with Crippen molar-refractivity contribution in [3.8, 4) is 0 Å². The number of rotatable bonds is 2. The van der Waals surface area contributed by atoms with Gasteiger partial charge in [0, 0.05) is 23.8 Å². The topological polar surface area (TPSA) is 46.2 Å². The summed E-state index contributed by atoms with van der Waals surface area (Å²) in [5.74, 6) is -0.0767. The first-order valence-electron chi connectivity index (χ1n) is 6.47. The zero-order valence-corrected chi connectivity index (χ0v) is 11.6. The molecule has 3 nitrogen and oxygen atoms in total. The van der Waals surface area contributed by atoms with E-state index in [2.05, 4.69) is 5.32 Å². The van der Waals surface area contributed by atoms with Crippen molar-refractivity contribution in [2.45, 2.75) is 33.6 Å². The first kappa shape index (κ1) is 13.5. The standard InChI is InChI=1S/C16H19NO2/c1-11-4-6-12(7-5-11)15(19)17-13-8-14(18)10-16(2,3)9-13/h4-8H,9-10H2,1-3H3,(H,17,19). The van der Waals surface area contributed by atoms with Gasteiger partial charge >= 0.3 is 0 Å². The quantitative estimate of drug-likeness (QED) is 0.885. The summed E-state index contributed by atoms with van der Waals surface area (Å²) < 4.78 is 0. The summed E-state index contributed by atoms with van der Waals surface area (Å²) in [5.41, 5.74) is 2.36. The number of hydrogen-bond donors (Lipinski definition) is 1. The van der Waals surface area contributed by atoms with E-state index in [9.17, 15) is 9.59 Å². The van der Waals surface area contributed by atoms with Gasteiger partial charge in [0.15, 0.2) is 5.78 Å². The lowest BCUT2D eigenvalue weighted by atomic mass is 9.79. The van der Waals surface area contributed by atoms with Crippen molar-refractivity contribution in [1.82, 2.24) is 5.32 Å². The van der Waals surface area contributed by atoms with Gasteiger partial charge in [0.25, 0.3) is 5.91 Å². The van der Waals surface area contributed by atoms with Crippen LogP contribution in [0.4, 0.5) is 0 Å². The van der Waals surface area contributed by atoms with Gasteiger partial charge in [-0.1, -0.05) is 31.5 Å². The molecule has 0 aliphatic heterocycles. The Morgan fingerprint density at radius 3 is 2.37 bits per heavy atom. The fourth-order valence-electron chi connectivity index (χ4n) is 2.35. The van der Waals surface area contributed by atoms with Gasteiger partial charge in [-0.2, -0.15) is 0 Å². The van der Waals surface area contributed by atoms with Gasteiger partial charge in [-0.25, -0.2) is 0 Å². The lowest BCUT2D eigenvalue weighted by Crippen LogP contribution is -2.31. The highest BCUT2D eigenvalue weighted by molar-refractivity contribution is 5.97. The van der Waals surface area contributed by atoms with Crippen LogP contribution in [0.5, 0.6) is 0 Å². The number of allylic oxidation sites excluding steroid dienone is 2. The molecule has 0 heterocycles. The molecule has 0 spiro atoms. The van der Waals surface area contributed by atoms with Crippen molar-refractivity contribution >= 4 is 11.7 Å². The largest absolute Gasteiger partial charge is 0.326 e. The summed E-state index contributed by atoms with van der Waals surface area (Å²) in [6.45, 7) is 6.05. The molecule has 2 rings (SSSR count). The van der Waals surface area contributed by atoms with E-state index in [1.54, 1.807) is 18.2 Å². The van der Waals surface area contributed by atoms with Crippen LogP contribution in [0.1, 0.15) is 42.6 Å². The Morgan fingerprint density at radius 2 is 1.79 bits per heavy atom. The third kappa shape index (κ3) is 3.53. The minimum Gasteiger partial charge on any atom is -0.326 e. The summed E-state index contributed by atoms with van der Waals surface area (Å²) >= 11 is 0. The molecule has 0 bridgehead atoms. The molecular weight excluding hydrogens is 238 g/mol. The second kappa shape index (κ2) is 5.00. The third-order valence-corrected chi connectivity index (χ3v) is 3.24. The Labute approximate surface area is 113 Å². The molecular formula is C16H19NO2. The lowest BCUT2D eigenvalue weighted by molar-refractivity contribution is -0.117. The van der Waals surface area contributed by atoms with Crippen LogP contribution < -0.4 is 5.32 Å². The Bertz CT molecular complexity index is 538. The van der Waals surface area contributed by atoms with Crippen LogP contribution in [-0.2, 0) is 4.79 Å². The lowest BCUT2D eigenvalue weighted by Gasteiger charge is -2.28. The van der Waals surface area contributed by atoms with Gasteiger partial charge in [-0.3, -0.25) is 9.59 Å². The van der Waals surface area contributed by atoms with Crippen LogP contribution in [-0.4, -0.2) is 11.7 Å². The fraction of sp³-hybridized carbons (Fsp3) is 0.375. The predicted molar refractivity (Wildman–Crippen MR) is 74.8 cm³/mol. The maximum atomic E-state index is 12.1. The number of ketones is 1. The van der Waals surface area contributed by atoms with Gasteiger partial charge in [-0.15, -0.1) is 0 Å². The second-order valence-electron chi connectivity index (χ2n) is 5.97. The monoisotopic (exact) mass is 257 g/mol. The highest BCUT2D eigenvalue weighted by Crippen LogP contribution is 2.32. The molecule has 0 saturated carbocycles. The Balaban J connectivity index is 2.11. The van der Waals surface area contributed by atoms with Crippen molar-refractivity contribution in [2.75, 3.05) is 0 Å². The van der Waals surface area contributed by atoms with Crippen LogP contribution in [0.3, 0.4) is 0 Å². The van der Waals surface area contributed by atoms with Crippen LogP contribution in [0.2, 0.25) is 0 Å². The number of hydrogen-bond acceptors (Lipinski definition) is 2. The normalized spacial score (nSPS) is 17.8. The Hall–Kier alpha value is -1.90. The van der Waals surface area contributed by atoms with Gasteiger partial charge in [0.05, 0.1) is 0 Å². The smallest absolute Gasteiger partial charge is 0.255 e. The van der Waals surface area contributed by atoms with E-state index >= 15 is 0 Å². The predicted octanol–water partition coefficient (Wildman–Crippen LogP) is 3.00. The van der Waals surface area contributed by atoms with E-state index in [0.29, 0.717) is 17.7 Å². The molecule has 0 fully saturated rings. The maximum Gasteiger partial charge on any atom is 0.255 e. The molecule has 1 N–H and O–H groups in total. The summed E-state index contributed by atoms with van der Waals surface area (Å²) in [4.78, 5) is 23.7. The van der Waals surface area contributed by atoms with Gasteiger partial charge in [0.2, 0.25) is 0 Å². The van der Waals surface area contributed by atoms with Gasteiger partial charge in [0.1, 0.15) is 0 Å². The van der Waals surface area contributed by atoms with Crippen LogP contribution >= 0.6 is 0 Å². The van der Waals surface area contributed by atoms with Gasteiger partial charge < -0.3 is 5.32 Å². The van der Waals surface area contributed by atoms with Crippen LogP contribution in [0.25, 0.3) is 0 Å². The zero-order valence-electron chi connectivity index (χ0n) is 11.6. The summed E-state index contributed by atoms with van der Waals surface area (Å²) in [7, 11) is 0. The molecule has 0 saturated heterocycles. The van der Waals surface area contributed by atoms with Crippen molar-refractivity contribution < 1.29 is 9.59 Å². The van der Waals surface area contributed by atoms with Gasteiger partial charge in [-0.05, 0) is 30.9 Å². The van der Waals surface area contributed by atoms with E-state index in [4.69, 9.17) is 0 Å². The van der Waals surface area contributed by atoms with Crippen LogP contribution in [0.15, 0.2) is 36.0 Å². The highest BCUT2D eigenvalue weighted by atomic mass is 16.1. The van der Waals surface area contributed by atoms with E-state index < -0.39 is 0 Å². The number of carbonyl (C=O) groups excluding carboxylic acids is 2. The first-order chi connectivity index (χ1) is 8.85. The molecule has 0 unspecified atom stereocenters. The molecule has 0 aromatic heterocycles. The molecule has 19 heavy (non-hydrogen) atoms. The number of benzene rings is 1. The first-order valence-corrected chi connectivity index (χ1v) is 6.47. The zero-order chi connectivity index (χ0) is 14.0. The summed E-state index contributed by atoms with van der Waals surface area (Å²) in [6.07, 6.45) is 2.81. The molecule has 1 aliphatic carbocycles. The molecule has 1 aromatic carbocycles. The second-order valence-corrected chi connectivity index (χ2v) is 5.97. The summed E-state index contributed by atoms with van der Waals surface area (Å²) in [5, 5.41) is 2.84. The Kier molecular flexibility index (Phi) is 3.56. The van der Waals surface area contributed by atoms with Crippen molar-refractivity contribution in [3.05, 3.63) is 47.2 Å². The fourth-order valence-corrected chi connectivity index (χ4v) is 2.35. The third-order valence-electron chi connectivity index (χ3n) is 3.24. The minimum absolute atomic E-state index is 0.0791. The number of amides is 1. The summed E-state index contributed by atoms with van der Waals surface area (Å²) in [6, 6.07) is 7.39. The van der Waals surface area contributed by atoms with E-state index in [1.807, 2.05) is 32.9 Å². The number of nitrogens with one attached hydrogen (secondary N) is 1. The molecule has 0 atom stereocenters. The Morgan fingerprint density at radius 1 is 1.16 bits per heavy atom. The molecule has 3 heteroatoms. The number of carbonyl (C=O) groups is 2. The average molecular weight is 257 g/mol. The molecule has 1 amide bonds. The molecule has 1 aromatic rings.